The largest absolute Gasteiger partial charge is 0.494 e. The third kappa shape index (κ3) is 6.96. The summed E-state index contributed by atoms with van der Waals surface area (Å²) in [4.78, 5) is 0.209. The highest BCUT2D eigenvalue weighted by Crippen LogP contribution is 2.18. The van der Waals surface area contributed by atoms with Crippen LogP contribution in [0.3, 0.4) is 0 Å². The molecule has 0 saturated heterocycles. The van der Waals surface area contributed by atoms with Crippen LogP contribution in [0.1, 0.15) is 34.1 Å². The number of hydrogen-bond donors (Lipinski definition) is 2. The maximum Gasteiger partial charge on any atom is 0.241 e. The molecule has 1 rings (SSSR count). The molecule has 0 radical (unpaired) electrons. The predicted molar refractivity (Wildman–Crippen MR) is 92.1 cm³/mol. The molecule has 0 aliphatic rings. The molecule has 0 fully saturated rings. The summed E-state index contributed by atoms with van der Waals surface area (Å²) in [5, 5.41) is 0. The second-order valence-corrected chi connectivity index (χ2v) is 7.88. The number of ether oxygens (including phenoxy) is 1. The molecular formula is C15H27ClN2O3S. The van der Waals surface area contributed by atoms with Gasteiger partial charge in [-0.1, -0.05) is 13.8 Å². The van der Waals surface area contributed by atoms with Crippen molar-refractivity contribution in [1.82, 2.24) is 4.72 Å². The van der Waals surface area contributed by atoms with Gasteiger partial charge in [0, 0.05) is 12.1 Å². The fourth-order valence-corrected chi connectivity index (χ4v) is 3.01. The molecule has 3 N–H and O–H groups in total. The molecule has 0 bridgehead atoms. The van der Waals surface area contributed by atoms with Crippen molar-refractivity contribution in [3.8, 4) is 5.75 Å². The summed E-state index contributed by atoms with van der Waals surface area (Å²) in [6.07, 6.45) is 0.965. The number of hydrogen-bond acceptors (Lipinski definition) is 4. The molecule has 7 heteroatoms. The Morgan fingerprint density at radius 1 is 1.23 bits per heavy atom. The summed E-state index contributed by atoms with van der Waals surface area (Å²) in [6.45, 7) is 8.60. The van der Waals surface area contributed by atoms with E-state index in [0.29, 0.717) is 18.3 Å². The summed E-state index contributed by atoms with van der Waals surface area (Å²) >= 11 is 0. The Hall–Kier alpha value is -0.820. The Kier molecular flexibility index (Phi) is 8.39. The second kappa shape index (κ2) is 8.72. The van der Waals surface area contributed by atoms with Gasteiger partial charge >= 0.3 is 0 Å². The van der Waals surface area contributed by atoms with Crippen molar-refractivity contribution in [3.05, 3.63) is 24.3 Å². The van der Waals surface area contributed by atoms with E-state index < -0.39 is 15.6 Å². The van der Waals surface area contributed by atoms with Gasteiger partial charge in [0.15, 0.2) is 0 Å². The van der Waals surface area contributed by atoms with Gasteiger partial charge in [0.1, 0.15) is 5.75 Å². The fourth-order valence-electron chi connectivity index (χ4n) is 1.59. The highest BCUT2D eigenvalue weighted by atomic mass is 35.5. The fraction of sp³-hybridized carbons (Fsp3) is 0.600. The van der Waals surface area contributed by atoms with Crippen LogP contribution in [0.4, 0.5) is 0 Å². The number of nitrogens with two attached hydrogens (primary N) is 1. The molecule has 0 spiro atoms. The highest BCUT2D eigenvalue weighted by Gasteiger charge is 2.24. The van der Waals surface area contributed by atoms with Gasteiger partial charge in [-0.25, -0.2) is 13.1 Å². The summed E-state index contributed by atoms with van der Waals surface area (Å²) in [7, 11) is -3.57. The zero-order chi connectivity index (χ0) is 16.1. The molecular weight excluding hydrogens is 324 g/mol. The molecule has 0 aliphatic heterocycles. The van der Waals surface area contributed by atoms with Gasteiger partial charge in [0.2, 0.25) is 10.0 Å². The van der Waals surface area contributed by atoms with Gasteiger partial charge in [0.25, 0.3) is 0 Å². The van der Waals surface area contributed by atoms with E-state index in [4.69, 9.17) is 10.5 Å². The van der Waals surface area contributed by atoms with Gasteiger partial charge in [-0.2, -0.15) is 0 Å². The first-order chi connectivity index (χ1) is 9.66. The smallest absolute Gasteiger partial charge is 0.241 e. The maximum absolute atomic E-state index is 12.2. The minimum Gasteiger partial charge on any atom is -0.494 e. The summed E-state index contributed by atoms with van der Waals surface area (Å²) in [6, 6.07) is 6.42. The van der Waals surface area contributed by atoms with Crippen molar-refractivity contribution in [1.29, 1.82) is 0 Å². The van der Waals surface area contributed by atoms with Crippen molar-refractivity contribution in [2.24, 2.45) is 11.7 Å². The monoisotopic (exact) mass is 350 g/mol. The van der Waals surface area contributed by atoms with Crippen LogP contribution in [0.5, 0.6) is 5.75 Å². The van der Waals surface area contributed by atoms with Gasteiger partial charge in [0.05, 0.1) is 11.5 Å². The Morgan fingerprint density at radius 2 is 1.77 bits per heavy atom. The number of halogens is 1. The molecule has 0 saturated carbocycles. The van der Waals surface area contributed by atoms with Crippen LogP contribution in [0.15, 0.2) is 29.2 Å². The molecule has 5 nitrogen and oxygen atoms in total. The summed E-state index contributed by atoms with van der Waals surface area (Å²) in [5.74, 6) is 1.25. The van der Waals surface area contributed by atoms with Crippen LogP contribution in [-0.2, 0) is 10.0 Å². The Morgan fingerprint density at radius 3 is 2.23 bits per heavy atom. The van der Waals surface area contributed by atoms with E-state index in [-0.39, 0.29) is 23.8 Å². The van der Waals surface area contributed by atoms with Gasteiger partial charge in [-0.05, 0) is 50.5 Å². The van der Waals surface area contributed by atoms with Crippen molar-refractivity contribution in [2.75, 3.05) is 13.2 Å². The van der Waals surface area contributed by atoms with Crippen molar-refractivity contribution >= 4 is 22.4 Å². The molecule has 0 heterocycles. The summed E-state index contributed by atoms with van der Waals surface area (Å²) in [5.41, 5.74) is 4.87. The topological polar surface area (TPSA) is 81.4 Å². The van der Waals surface area contributed by atoms with Crippen molar-refractivity contribution in [2.45, 2.75) is 44.6 Å². The number of rotatable bonds is 8. The lowest BCUT2D eigenvalue weighted by Crippen LogP contribution is -2.48. The normalized spacial score (nSPS) is 12.1. The van der Waals surface area contributed by atoms with E-state index in [2.05, 4.69) is 18.6 Å². The van der Waals surface area contributed by atoms with Gasteiger partial charge in [-0.3, -0.25) is 0 Å². The van der Waals surface area contributed by atoms with Crippen molar-refractivity contribution < 1.29 is 13.2 Å². The Balaban J connectivity index is 0.00000441. The molecule has 1 aromatic rings. The van der Waals surface area contributed by atoms with E-state index in [9.17, 15) is 8.42 Å². The van der Waals surface area contributed by atoms with E-state index in [1.165, 1.54) is 0 Å². The van der Waals surface area contributed by atoms with Crippen LogP contribution in [0.25, 0.3) is 0 Å². The van der Waals surface area contributed by atoms with E-state index in [1.807, 2.05) is 0 Å². The third-order valence-electron chi connectivity index (χ3n) is 3.02. The Bertz CT molecular complexity index is 542. The van der Waals surface area contributed by atoms with Gasteiger partial charge < -0.3 is 10.5 Å². The van der Waals surface area contributed by atoms with Crippen LogP contribution >= 0.6 is 12.4 Å². The number of nitrogens with one attached hydrogen (secondary N) is 1. The average Bonchev–Trinajstić information content (AvgIpc) is 2.38. The van der Waals surface area contributed by atoms with Crippen LogP contribution < -0.4 is 15.2 Å². The molecule has 0 atom stereocenters. The molecule has 0 aromatic heterocycles. The lowest BCUT2D eigenvalue weighted by Gasteiger charge is -2.23. The Labute approximate surface area is 140 Å². The minimum atomic E-state index is -3.57. The quantitative estimate of drug-likeness (QED) is 0.754. The highest BCUT2D eigenvalue weighted by molar-refractivity contribution is 7.89. The molecule has 0 aliphatic carbocycles. The molecule has 0 amide bonds. The first-order valence-corrected chi connectivity index (χ1v) is 8.61. The van der Waals surface area contributed by atoms with E-state index >= 15 is 0 Å². The second-order valence-electron chi connectivity index (χ2n) is 6.20. The first kappa shape index (κ1) is 21.2. The standard InChI is InChI=1S/C15H26N2O3S.ClH/c1-12(2)9-10-20-13-5-7-14(8-6-13)21(18,19)17-15(3,4)11-16;/h5-8,12,17H,9-11,16H2,1-4H3;1H. The summed E-state index contributed by atoms with van der Waals surface area (Å²) < 4.78 is 32.6. The zero-order valence-electron chi connectivity index (χ0n) is 13.6. The maximum atomic E-state index is 12.2. The minimum absolute atomic E-state index is 0. The average molecular weight is 351 g/mol. The first-order valence-electron chi connectivity index (χ1n) is 7.13. The van der Waals surface area contributed by atoms with Gasteiger partial charge in [-0.15, -0.1) is 12.4 Å². The number of sulfonamides is 1. The van der Waals surface area contributed by atoms with Crippen molar-refractivity contribution in [3.63, 3.8) is 0 Å². The van der Waals surface area contributed by atoms with Crippen LogP contribution in [0, 0.1) is 5.92 Å². The van der Waals surface area contributed by atoms with Crippen LogP contribution in [0.2, 0.25) is 0 Å². The molecule has 0 unspecified atom stereocenters. The van der Waals surface area contributed by atoms with E-state index in [1.54, 1.807) is 38.1 Å². The SMILES string of the molecule is CC(C)CCOc1ccc(S(=O)(=O)NC(C)(C)CN)cc1.Cl. The predicted octanol–water partition coefficient (Wildman–Crippen LogP) is 2.55. The molecule has 22 heavy (non-hydrogen) atoms. The molecule has 1 aromatic carbocycles. The van der Waals surface area contributed by atoms with E-state index in [0.717, 1.165) is 6.42 Å². The molecule has 128 valence electrons. The third-order valence-corrected chi connectivity index (χ3v) is 4.73. The zero-order valence-corrected chi connectivity index (χ0v) is 15.3. The number of benzene rings is 1. The lowest BCUT2D eigenvalue weighted by atomic mass is 10.1. The lowest BCUT2D eigenvalue weighted by molar-refractivity contribution is 0.289. The van der Waals surface area contributed by atoms with Crippen LogP contribution in [-0.4, -0.2) is 27.1 Å².